The number of nitrogens with zero attached hydrogens (tertiary/aromatic N) is 3. The van der Waals surface area contributed by atoms with E-state index in [2.05, 4.69) is 22.2 Å². The Kier molecular flexibility index (Phi) is 5.43. The molecule has 1 aliphatic carbocycles. The Balaban J connectivity index is 1.50. The number of hydrogen-bond acceptors (Lipinski definition) is 7. The number of carbonyl (C=O) groups is 2. The van der Waals surface area contributed by atoms with Crippen LogP contribution in [0.1, 0.15) is 84.6 Å². The summed E-state index contributed by atoms with van der Waals surface area (Å²) < 4.78 is 5.17. The Bertz CT molecular complexity index is 1040. The lowest BCUT2D eigenvalue weighted by molar-refractivity contribution is 0.0526. The minimum atomic E-state index is -0.482. The van der Waals surface area contributed by atoms with Crippen molar-refractivity contribution in [3.8, 4) is 10.4 Å². The zero-order chi connectivity index (χ0) is 22.5. The second-order valence-electron chi connectivity index (χ2n) is 9.52. The largest absolute Gasteiger partial charge is 0.461 e. The Morgan fingerprint density at radius 3 is 2.50 bits per heavy atom. The second kappa shape index (κ2) is 8.14. The van der Waals surface area contributed by atoms with Crippen molar-refractivity contribution in [2.75, 3.05) is 11.9 Å². The van der Waals surface area contributed by atoms with Crippen molar-refractivity contribution in [1.29, 1.82) is 0 Å². The molecule has 2 aromatic heterocycles. The number of rotatable bonds is 6. The molecule has 7 nitrogen and oxygen atoms in total. The Morgan fingerprint density at radius 1 is 1.25 bits per heavy atom. The third-order valence-electron chi connectivity index (χ3n) is 7.21. The van der Waals surface area contributed by atoms with Gasteiger partial charge in [0.1, 0.15) is 11.5 Å². The Labute approximate surface area is 192 Å². The minimum Gasteiger partial charge on any atom is -0.461 e. The van der Waals surface area contributed by atoms with Crippen LogP contribution in [0.4, 0.5) is 5.82 Å². The number of pyridine rings is 1. The lowest BCUT2D eigenvalue weighted by atomic mass is 9.78. The lowest BCUT2D eigenvalue weighted by Crippen LogP contribution is -2.41. The molecule has 8 heteroatoms. The van der Waals surface area contributed by atoms with Crippen molar-refractivity contribution in [2.24, 2.45) is 0 Å². The van der Waals surface area contributed by atoms with Gasteiger partial charge in [0, 0.05) is 29.4 Å². The van der Waals surface area contributed by atoms with Gasteiger partial charge in [-0.2, -0.15) is 0 Å². The molecule has 3 aliphatic rings. The number of carbonyl (C=O) groups excluding carboxylic acids is 2. The van der Waals surface area contributed by atoms with E-state index in [1.165, 1.54) is 17.8 Å². The van der Waals surface area contributed by atoms with E-state index in [1.54, 1.807) is 13.1 Å². The van der Waals surface area contributed by atoms with Gasteiger partial charge in [-0.05, 0) is 77.3 Å². The molecule has 0 spiro atoms. The summed E-state index contributed by atoms with van der Waals surface area (Å²) in [6.45, 7) is 6.27. The highest BCUT2D eigenvalue weighted by Gasteiger charge is 2.44. The molecule has 0 atom stereocenters. The fraction of sp³-hybridized carbons (Fsp3) is 0.583. The number of aromatic nitrogens is 2. The smallest absolute Gasteiger partial charge is 0.367 e. The normalized spacial score (nSPS) is 23.2. The van der Waals surface area contributed by atoms with Gasteiger partial charge < -0.3 is 15.0 Å². The van der Waals surface area contributed by atoms with E-state index in [9.17, 15) is 9.59 Å². The topological polar surface area (TPSA) is 84.4 Å². The fourth-order valence-corrected chi connectivity index (χ4v) is 6.32. The third kappa shape index (κ3) is 3.68. The van der Waals surface area contributed by atoms with E-state index < -0.39 is 5.97 Å². The zero-order valence-electron chi connectivity index (χ0n) is 18.9. The molecule has 2 saturated heterocycles. The maximum Gasteiger partial charge on any atom is 0.367 e. The standard InChI is InChI=1S/C24H30N4O3S/c1-4-31-23(30)21-26-19(22(29)28-15-6-7-16(28)9-8-15)20(32-21)17-13-25-18(12-14(17)2)27-24(3)10-5-11-24/h12-13,15-16H,4-11H2,1-3H3,(H,25,27). The van der Waals surface area contributed by atoms with Gasteiger partial charge in [-0.15, -0.1) is 11.3 Å². The van der Waals surface area contributed by atoms with E-state index in [0.29, 0.717) is 22.7 Å². The first-order valence-corrected chi connectivity index (χ1v) is 12.5. The minimum absolute atomic E-state index is 0.0691. The second-order valence-corrected chi connectivity index (χ2v) is 10.5. The average molecular weight is 455 g/mol. The van der Waals surface area contributed by atoms with Gasteiger partial charge in [-0.25, -0.2) is 14.8 Å². The van der Waals surface area contributed by atoms with Gasteiger partial charge in [0.15, 0.2) is 0 Å². The van der Waals surface area contributed by atoms with Gasteiger partial charge in [-0.1, -0.05) is 0 Å². The van der Waals surface area contributed by atoms with Crippen LogP contribution in [0.15, 0.2) is 12.3 Å². The fourth-order valence-electron chi connectivity index (χ4n) is 5.30. The molecule has 4 heterocycles. The molecule has 5 rings (SSSR count). The summed E-state index contributed by atoms with van der Waals surface area (Å²) in [5.41, 5.74) is 2.31. The number of nitrogens with one attached hydrogen (secondary N) is 1. The van der Waals surface area contributed by atoms with Crippen LogP contribution in [0.25, 0.3) is 10.4 Å². The third-order valence-corrected chi connectivity index (χ3v) is 8.28. The maximum absolute atomic E-state index is 13.6. The van der Waals surface area contributed by atoms with Gasteiger partial charge in [0.25, 0.3) is 5.91 Å². The number of anilines is 1. The molecular weight excluding hydrogens is 424 g/mol. The highest BCUT2D eigenvalue weighted by molar-refractivity contribution is 7.17. The van der Waals surface area contributed by atoms with E-state index in [4.69, 9.17) is 4.74 Å². The quantitative estimate of drug-likeness (QED) is 0.631. The molecule has 1 N–H and O–H groups in total. The van der Waals surface area contributed by atoms with Crippen molar-refractivity contribution in [1.82, 2.24) is 14.9 Å². The van der Waals surface area contributed by atoms with Crippen molar-refractivity contribution in [3.05, 3.63) is 28.5 Å². The Morgan fingerprint density at radius 2 is 1.94 bits per heavy atom. The van der Waals surface area contributed by atoms with Crippen LogP contribution < -0.4 is 5.32 Å². The molecule has 2 bridgehead atoms. The summed E-state index contributed by atoms with van der Waals surface area (Å²) >= 11 is 1.23. The first kappa shape index (κ1) is 21.4. The summed E-state index contributed by atoms with van der Waals surface area (Å²) in [4.78, 5) is 37.9. The van der Waals surface area contributed by atoms with Gasteiger partial charge >= 0.3 is 5.97 Å². The van der Waals surface area contributed by atoms with Crippen LogP contribution >= 0.6 is 11.3 Å². The molecule has 0 radical (unpaired) electrons. The summed E-state index contributed by atoms with van der Waals surface area (Å²) in [7, 11) is 0. The van der Waals surface area contributed by atoms with Gasteiger partial charge in [0.05, 0.1) is 11.5 Å². The van der Waals surface area contributed by atoms with Crippen LogP contribution in [0, 0.1) is 6.92 Å². The number of hydrogen-bond donors (Lipinski definition) is 1. The lowest BCUT2D eigenvalue weighted by Gasteiger charge is -2.39. The average Bonchev–Trinajstić information content (AvgIpc) is 3.47. The predicted molar refractivity (Wildman–Crippen MR) is 124 cm³/mol. The van der Waals surface area contributed by atoms with Gasteiger partial charge in [-0.3, -0.25) is 4.79 Å². The summed E-state index contributed by atoms with van der Waals surface area (Å²) in [6.07, 6.45) is 9.55. The molecule has 1 amide bonds. The number of amides is 1. The van der Waals surface area contributed by atoms with Crippen molar-refractivity contribution < 1.29 is 14.3 Å². The van der Waals surface area contributed by atoms with Crippen LogP contribution in [0.2, 0.25) is 0 Å². The number of aryl methyl sites for hydroxylation is 1. The molecule has 0 unspecified atom stereocenters. The van der Waals surface area contributed by atoms with Crippen molar-refractivity contribution in [2.45, 2.75) is 83.3 Å². The number of esters is 1. The molecular formula is C24H30N4O3S. The van der Waals surface area contributed by atoms with Crippen LogP contribution in [0.5, 0.6) is 0 Å². The zero-order valence-corrected chi connectivity index (χ0v) is 19.8. The van der Waals surface area contributed by atoms with Gasteiger partial charge in [0.2, 0.25) is 5.01 Å². The summed E-state index contributed by atoms with van der Waals surface area (Å²) in [5, 5.41) is 3.77. The van der Waals surface area contributed by atoms with Crippen LogP contribution in [-0.2, 0) is 4.74 Å². The molecule has 2 aromatic rings. The first-order valence-electron chi connectivity index (χ1n) is 11.6. The van der Waals surface area contributed by atoms with E-state index in [-0.39, 0.29) is 23.1 Å². The number of ether oxygens (including phenoxy) is 1. The van der Waals surface area contributed by atoms with E-state index in [0.717, 1.165) is 55.5 Å². The Hall–Kier alpha value is -2.48. The highest BCUT2D eigenvalue weighted by atomic mass is 32.1. The SMILES string of the molecule is CCOC(=O)c1nc(C(=O)N2C3CCC2CC3)c(-c2cnc(NC3(C)CCC3)cc2C)s1. The van der Waals surface area contributed by atoms with Crippen LogP contribution in [-0.4, -0.2) is 51.0 Å². The molecule has 170 valence electrons. The number of fused-ring (bicyclic) bond motifs is 2. The monoisotopic (exact) mass is 454 g/mol. The number of thiazole rings is 1. The summed E-state index contributed by atoms with van der Waals surface area (Å²) in [5.74, 6) is 0.290. The van der Waals surface area contributed by atoms with E-state index >= 15 is 0 Å². The molecule has 0 aromatic carbocycles. The molecule has 2 aliphatic heterocycles. The summed E-state index contributed by atoms with van der Waals surface area (Å²) in [6, 6.07) is 2.61. The maximum atomic E-state index is 13.6. The molecule has 32 heavy (non-hydrogen) atoms. The van der Waals surface area contributed by atoms with Crippen molar-refractivity contribution in [3.63, 3.8) is 0 Å². The first-order chi connectivity index (χ1) is 15.4. The highest BCUT2D eigenvalue weighted by Crippen LogP contribution is 2.41. The molecule has 1 saturated carbocycles. The van der Waals surface area contributed by atoms with Crippen LogP contribution in [0.3, 0.4) is 0 Å². The van der Waals surface area contributed by atoms with Crippen molar-refractivity contribution >= 4 is 29.0 Å². The molecule has 3 fully saturated rings. The predicted octanol–water partition coefficient (Wildman–Crippen LogP) is 4.81. The van der Waals surface area contributed by atoms with E-state index in [1.807, 2.05) is 17.9 Å².